The number of ether oxygens (including phenoxy) is 1. The van der Waals surface area contributed by atoms with E-state index in [9.17, 15) is 5.11 Å². The van der Waals surface area contributed by atoms with Crippen LogP contribution in [-0.2, 0) is 6.42 Å². The summed E-state index contributed by atoms with van der Waals surface area (Å²) >= 11 is 0. The molecule has 0 aliphatic rings. The minimum absolute atomic E-state index is 0.638. The molecule has 0 unspecified atom stereocenters. The molecule has 0 aromatic heterocycles. The highest BCUT2D eigenvalue weighted by atomic mass is 16.5. The van der Waals surface area contributed by atoms with E-state index in [0.717, 1.165) is 17.1 Å². The Labute approximate surface area is 108 Å². The topological polar surface area (TPSA) is 29.5 Å². The average Bonchev–Trinajstić information content (AvgIpc) is 2.31. The zero-order valence-corrected chi connectivity index (χ0v) is 10.8. The van der Waals surface area contributed by atoms with Gasteiger partial charge in [0.15, 0.2) is 0 Å². The molecule has 0 fully saturated rings. The summed E-state index contributed by atoms with van der Waals surface area (Å²) in [5, 5.41) is 9.74. The molecule has 2 heteroatoms. The summed E-state index contributed by atoms with van der Waals surface area (Å²) in [7, 11) is 0. The average molecular weight is 242 g/mol. The van der Waals surface area contributed by atoms with Crippen molar-refractivity contribution in [1.29, 1.82) is 0 Å². The fraction of sp³-hybridized carbons (Fsp3) is 0.250. The van der Waals surface area contributed by atoms with E-state index in [1.807, 2.05) is 54.6 Å². The second-order valence-corrected chi connectivity index (χ2v) is 5.05. The molecule has 0 bridgehead atoms. The summed E-state index contributed by atoms with van der Waals surface area (Å²) in [6.07, 6.45) is 0.638. The summed E-state index contributed by atoms with van der Waals surface area (Å²) in [6, 6.07) is 17.5. The zero-order chi connectivity index (χ0) is 13.0. The third kappa shape index (κ3) is 3.90. The molecule has 0 atom stereocenters. The van der Waals surface area contributed by atoms with E-state index in [1.54, 1.807) is 13.8 Å². The van der Waals surface area contributed by atoms with Crippen molar-refractivity contribution in [2.75, 3.05) is 0 Å². The van der Waals surface area contributed by atoms with E-state index in [-0.39, 0.29) is 0 Å². The number of benzene rings is 2. The lowest BCUT2D eigenvalue weighted by Crippen LogP contribution is -2.21. The van der Waals surface area contributed by atoms with Gasteiger partial charge in [-0.3, -0.25) is 0 Å². The zero-order valence-electron chi connectivity index (χ0n) is 10.8. The molecule has 0 radical (unpaired) electrons. The molecular formula is C16H18O2. The van der Waals surface area contributed by atoms with Gasteiger partial charge in [0.05, 0.1) is 5.60 Å². The molecule has 2 rings (SSSR count). The van der Waals surface area contributed by atoms with E-state index >= 15 is 0 Å². The summed E-state index contributed by atoms with van der Waals surface area (Å²) in [5.74, 6) is 1.63. The SMILES string of the molecule is CC(C)(O)Cc1ccc(Oc2ccccc2)cc1. The van der Waals surface area contributed by atoms with E-state index in [4.69, 9.17) is 4.74 Å². The van der Waals surface area contributed by atoms with Crippen molar-refractivity contribution in [3.05, 3.63) is 60.2 Å². The molecule has 2 aromatic rings. The summed E-state index contributed by atoms with van der Waals surface area (Å²) in [4.78, 5) is 0. The molecule has 1 N–H and O–H groups in total. The van der Waals surface area contributed by atoms with Crippen molar-refractivity contribution in [2.24, 2.45) is 0 Å². The predicted molar refractivity (Wildman–Crippen MR) is 73.0 cm³/mol. The summed E-state index contributed by atoms with van der Waals surface area (Å²) < 4.78 is 5.70. The molecule has 0 spiro atoms. The first-order chi connectivity index (χ1) is 8.53. The Morgan fingerprint density at radius 3 is 2.00 bits per heavy atom. The third-order valence-corrected chi connectivity index (χ3v) is 2.54. The van der Waals surface area contributed by atoms with E-state index in [2.05, 4.69) is 0 Å². The van der Waals surface area contributed by atoms with Crippen LogP contribution in [0.15, 0.2) is 54.6 Å². The molecule has 0 saturated heterocycles. The van der Waals surface area contributed by atoms with E-state index < -0.39 is 5.60 Å². The number of aliphatic hydroxyl groups is 1. The van der Waals surface area contributed by atoms with Gasteiger partial charge in [-0.15, -0.1) is 0 Å². The molecule has 0 heterocycles. The summed E-state index contributed by atoms with van der Waals surface area (Å²) in [6.45, 7) is 3.61. The van der Waals surface area contributed by atoms with Gasteiger partial charge < -0.3 is 9.84 Å². The van der Waals surface area contributed by atoms with Crippen LogP contribution < -0.4 is 4.74 Å². The van der Waals surface area contributed by atoms with Gasteiger partial charge in [-0.1, -0.05) is 30.3 Å². The number of para-hydroxylation sites is 1. The van der Waals surface area contributed by atoms with Gasteiger partial charge in [0, 0.05) is 6.42 Å². The number of hydrogen-bond acceptors (Lipinski definition) is 2. The van der Waals surface area contributed by atoms with Crippen LogP contribution in [0.2, 0.25) is 0 Å². The highest BCUT2D eigenvalue weighted by Crippen LogP contribution is 2.22. The number of hydrogen-bond donors (Lipinski definition) is 1. The molecule has 18 heavy (non-hydrogen) atoms. The lowest BCUT2D eigenvalue weighted by molar-refractivity contribution is 0.0810. The standard InChI is InChI=1S/C16H18O2/c1-16(2,17)12-13-8-10-15(11-9-13)18-14-6-4-3-5-7-14/h3-11,17H,12H2,1-2H3. The Hall–Kier alpha value is -1.80. The van der Waals surface area contributed by atoms with Crippen molar-refractivity contribution in [1.82, 2.24) is 0 Å². The fourth-order valence-corrected chi connectivity index (χ4v) is 1.80. The lowest BCUT2D eigenvalue weighted by Gasteiger charge is -2.17. The quantitative estimate of drug-likeness (QED) is 0.883. The van der Waals surface area contributed by atoms with Crippen molar-refractivity contribution < 1.29 is 9.84 Å². The van der Waals surface area contributed by atoms with Gasteiger partial charge in [-0.2, -0.15) is 0 Å². The maximum absolute atomic E-state index is 9.74. The smallest absolute Gasteiger partial charge is 0.127 e. The molecular weight excluding hydrogens is 224 g/mol. The van der Waals surface area contributed by atoms with Gasteiger partial charge >= 0.3 is 0 Å². The maximum atomic E-state index is 9.74. The van der Waals surface area contributed by atoms with Crippen molar-refractivity contribution in [2.45, 2.75) is 25.9 Å². The first kappa shape index (κ1) is 12.7. The normalized spacial score (nSPS) is 11.3. The highest BCUT2D eigenvalue weighted by Gasteiger charge is 2.13. The van der Waals surface area contributed by atoms with Gasteiger partial charge in [0.1, 0.15) is 11.5 Å². The second kappa shape index (κ2) is 5.23. The number of rotatable bonds is 4. The van der Waals surface area contributed by atoms with Crippen LogP contribution in [-0.4, -0.2) is 10.7 Å². The molecule has 2 aromatic carbocycles. The molecule has 0 saturated carbocycles. The Morgan fingerprint density at radius 1 is 0.889 bits per heavy atom. The minimum Gasteiger partial charge on any atom is -0.457 e. The van der Waals surface area contributed by atoms with Crippen molar-refractivity contribution in [3.8, 4) is 11.5 Å². The van der Waals surface area contributed by atoms with Crippen LogP contribution in [0.5, 0.6) is 11.5 Å². The van der Waals surface area contributed by atoms with Crippen LogP contribution in [0.3, 0.4) is 0 Å². The Kier molecular flexibility index (Phi) is 3.68. The van der Waals surface area contributed by atoms with E-state index in [0.29, 0.717) is 6.42 Å². The highest BCUT2D eigenvalue weighted by molar-refractivity contribution is 5.33. The van der Waals surface area contributed by atoms with Gasteiger partial charge in [-0.25, -0.2) is 0 Å². The molecule has 2 nitrogen and oxygen atoms in total. The summed E-state index contributed by atoms with van der Waals surface area (Å²) in [5.41, 5.74) is 0.421. The molecule has 94 valence electrons. The maximum Gasteiger partial charge on any atom is 0.127 e. The minimum atomic E-state index is -0.679. The van der Waals surface area contributed by atoms with Gasteiger partial charge in [-0.05, 0) is 43.7 Å². The Bertz CT molecular complexity index is 481. The largest absolute Gasteiger partial charge is 0.457 e. The molecule has 0 amide bonds. The van der Waals surface area contributed by atoms with Crippen molar-refractivity contribution in [3.63, 3.8) is 0 Å². The van der Waals surface area contributed by atoms with Crippen LogP contribution in [0, 0.1) is 0 Å². The van der Waals surface area contributed by atoms with Crippen LogP contribution in [0.25, 0.3) is 0 Å². The van der Waals surface area contributed by atoms with E-state index in [1.165, 1.54) is 0 Å². The first-order valence-corrected chi connectivity index (χ1v) is 6.07. The second-order valence-electron chi connectivity index (χ2n) is 5.05. The van der Waals surface area contributed by atoms with Gasteiger partial charge in [0.2, 0.25) is 0 Å². The third-order valence-electron chi connectivity index (χ3n) is 2.54. The fourth-order valence-electron chi connectivity index (χ4n) is 1.80. The molecule has 0 aliphatic heterocycles. The Morgan fingerprint density at radius 2 is 1.44 bits per heavy atom. The van der Waals surface area contributed by atoms with Crippen molar-refractivity contribution >= 4 is 0 Å². The monoisotopic (exact) mass is 242 g/mol. The Balaban J connectivity index is 2.04. The predicted octanol–water partition coefficient (Wildman–Crippen LogP) is 3.79. The van der Waals surface area contributed by atoms with Crippen LogP contribution in [0.4, 0.5) is 0 Å². The van der Waals surface area contributed by atoms with Crippen LogP contribution in [0.1, 0.15) is 19.4 Å². The van der Waals surface area contributed by atoms with Gasteiger partial charge in [0.25, 0.3) is 0 Å². The van der Waals surface area contributed by atoms with Crippen LogP contribution >= 0.6 is 0 Å². The lowest BCUT2D eigenvalue weighted by atomic mass is 9.99. The molecule has 0 aliphatic carbocycles. The first-order valence-electron chi connectivity index (χ1n) is 6.07.